The third-order valence-corrected chi connectivity index (χ3v) is 4.21. The fraction of sp³-hybridized carbons (Fsp3) is 0.714. The van der Waals surface area contributed by atoms with Crippen LogP contribution in [0.4, 0.5) is 0 Å². The maximum absolute atomic E-state index is 12.2. The molecule has 3 rings (SSSR count). The van der Waals surface area contributed by atoms with Gasteiger partial charge >= 0.3 is 0 Å². The van der Waals surface area contributed by atoms with E-state index in [1.807, 2.05) is 0 Å². The lowest BCUT2D eigenvalue weighted by molar-refractivity contribution is -0.123. The highest BCUT2D eigenvalue weighted by Crippen LogP contribution is 2.25. The van der Waals surface area contributed by atoms with Gasteiger partial charge in [0.05, 0.1) is 23.8 Å². The normalized spacial score (nSPS) is 21.8. The van der Waals surface area contributed by atoms with E-state index in [1.54, 1.807) is 6.33 Å². The van der Waals surface area contributed by atoms with E-state index in [2.05, 4.69) is 32.4 Å². The van der Waals surface area contributed by atoms with E-state index in [0.717, 1.165) is 37.1 Å². The molecule has 1 aromatic heterocycles. The lowest BCUT2D eigenvalue weighted by atomic mass is 10.0. The molecule has 1 aliphatic carbocycles. The molecule has 0 bridgehead atoms. The minimum atomic E-state index is -0.151. The van der Waals surface area contributed by atoms with Crippen molar-refractivity contribution < 1.29 is 4.79 Å². The molecule has 6 heteroatoms. The lowest BCUT2D eigenvalue weighted by Gasteiger charge is -2.24. The number of hydrogen-bond donors (Lipinski definition) is 3. The predicted octanol–water partition coefficient (Wildman–Crippen LogP) is 0.0245. The highest BCUT2D eigenvalue weighted by atomic mass is 16.2. The summed E-state index contributed by atoms with van der Waals surface area (Å²) in [5.41, 5.74) is 2.11. The second-order valence-corrected chi connectivity index (χ2v) is 5.62. The van der Waals surface area contributed by atoms with Crippen molar-refractivity contribution in [2.75, 3.05) is 19.6 Å². The first kappa shape index (κ1) is 13.6. The zero-order valence-electron chi connectivity index (χ0n) is 12.0. The molecule has 1 unspecified atom stereocenters. The van der Waals surface area contributed by atoms with Crippen LogP contribution in [0, 0.1) is 0 Å². The molecule has 1 aliphatic heterocycles. The van der Waals surface area contributed by atoms with E-state index in [4.69, 9.17) is 0 Å². The number of hydrogen-bond acceptors (Lipinski definition) is 4. The minimum absolute atomic E-state index is 0.0884. The largest absolute Gasteiger partial charge is 0.353 e. The molecule has 3 N–H and O–H groups in total. The van der Waals surface area contributed by atoms with E-state index in [-0.39, 0.29) is 11.9 Å². The number of nitrogens with zero attached hydrogens (tertiary/aromatic N) is 2. The molecule has 1 saturated carbocycles. The van der Waals surface area contributed by atoms with Crippen molar-refractivity contribution in [2.24, 2.45) is 0 Å². The van der Waals surface area contributed by atoms with Crippen LogP contribution in [0.2, 0.25) is 0 Å². The van der Waals surface area contributed by atoms with Gasteiger partial charge < -0.3 is 10.3 Å². The van der Waals surface area contributed by atoms with Crippen LogP contribution < -0.4 is 10.6 Å². The molecule has 1 fully saturated rings. The van der Waals surface area contributed by atoms with Crippen molar-refractivity contribution >= 4 is 5.91 Å². The molecule has 0 aromatic carbocycles. The Hall–Kier alpha value is -1.40. The molecular formula is C14H23N5O. The highest BCUT2D eigenvalue weighted by Gasteiger charge is 2.28. The fourth-order valence-electron chi connectivity index (χ4n) is 2.84. The molecule has 6 nitrogen and oxygen atoms in total. The number of rotatable bonds is 6. The Balaban J connectivity index is 1.43. The SMILES string of the molecule is CCN(CCNC(=O)C1Cc2nc[nH]c2CN1)C1CC1. The summed E-state index contributed by atoms with van der Waals surface area (Å²) in [5.74, 6) is 0.0884. The molecular weight excluding hydrogens is 254 g/mol. The Morgan fingerprint density at radius 2 is 2.40 bits per heavy atom. The Bertz CT molecular complexity index is 468. The number of aromatic amines is 1. The Kier molecular flexibility index (Phi) is 4.03. The van der Waals surface area contributed by atoms with Crippen molar-refractivity contribution in [1.29, 1.82) is 0 Å². The maximum atomic E-state index is 12.2. The monoisotopic (exact) mass is 277 g/mol. The number of carbonyl (C=O) groups excluding carboxylic acids is 1. The molecule has 20 heavy (non-hydrogen) atoms. The summed E-state index contributed by atoms with van der Waals surface area (Å²) in [6, 6.07) is 0.609. The first-order chi connectivity index (χ1) is 9.78. The summed E-state index contributed by atoms with van der Waals surface area (Å²) < 4.78 is 0. The number of H-pyrrole nitrogens is 1. The number of nitrogens with one attached hydrogen (secondary N) is 3. The average molecular weight is 277 g/mol. The Labute approximate surface area is 119 Å². The van der Waals surface area contributed by atoms with Crippen LogP contribution in [0.1, 0.15) is 31.2 Å². The van der Waals surface area contributed by atoms with Crippen LogP contribution in [-0.4, -0.2) is 52.5 Å². The fourth-order valence-corrected chi connectivity index (χ4v) is 2.84. The van der Waals surface area contributed by atoms with Crippen molar-refractivity contribution in [2.45, 2.75) is 44.8 Å². The third-order valence-electron chi connectivity index (χ3n) is 4.21. The molecule has 0 radical (unpaired) electrons. The molecule has 1 amide bonds. The van der Waals surface area contributed by atoms with Crippen molar-refractivity contribution in [3.63, 3.8) is 0 Å². The standard InChI is InChI=1S/C14H23N5O/c1-2-19(10-3-4-10)6-5-15-14(20)12-7-11-13(8-16-12)18-9-17-11/h9-10,12,16H,2-8H2,1H3,(H,15,20)(H,17,18). The smallest absolute Gasteiger partial charge is 0.237 e. The first-order valence-corrected chi connectivity index (χ1v) is 7.54. The van der Waals surface area contributed by atoms with Crippen LogP contribution >= 0.6 is 0 Å². The van der Waals surface area contributed by atoms with Gasteiger partial charge in [0.1, 0.15) is 0 Å². The van der Waals surface area contributed by atoms with Crippen LogP contribution in [-0.2, 0) is 17.8 Å². The van der Waals surface area contributed by atoms with E-state index in [0.29, 0.717) is 13.0 Å². The predicted molar refractivity (Wildman–Crippen MR) is 76.2 cm³/mol. The summed E-state index contributed by atoms with van der Waals surface area (Å²) in [6.07, 6.45) is 4.99. The van der Waals surface area contributed by atoms with E-state index < -0.39 is 0 Å². The summed E-state index contributed by atoms with van der Waals surface area (Å²) >= 11 is 0. The molecule has 0 spiro atoms. The van der Waals surface area contributed by atoms with Crippen LogP contribution in [0.15, 0.2) is 6.33 Å². The van der Waals surface area contributed by atoms with Gasteiger partial charge in [-0.15, -0.1) is 0 Å². The topological polar surface area (TPSA) is 73.0 Å². The highest BCUT2D eigenvalue weighted by molar-refractivity contribution is 5.82. The van der Waals surface area contributed by atoms with Gasteiger partial charge in [-0.2, -0.15) is 0 Å². The molecule has 0 saturated heterocycles. The number of carbonyl (C=O) groups is 1. The maximum Gasteiger partial charge on any atom is 0.237 e. The van der Waals surface area contributed by atoms with E-state index in [9.17, 15) is 4.79 Å². The number of amides is 1. The van der Waals surface area contributed by atoms with Crippen molar-refractivity contribution in [1.82, 2.24) is 25.5 Å². The summed E-state index contributed by atoms with van der Waals surface area (Å²) in [5, 5.41) is 6.29. The second-order valence-electron chi connectivity index (χ2n) is 5.62. The molecule has 2 aliphatic rings. The van der Waals surface area contributed by atoms with E-state index in [1.165, 1.54) is 12.8 Å². The van der Waals surface area contributed by atoms with Gasteiger partial charge in [-0.05, 0) is 19.4 Å². The Morgan fingerprint density at radius 3 is 3.15 bits per heavy atom. The number of likely N-dealkylation sites (N-methyl/N-ethyl adjacent to an activating group) is 1. The first-order valence-electron chi connectivity index (χ1n) is 7.54. The minimum Gasteiger partial charge on any atom is -0.353 e. The van der Waals surface area contributed by atoms with E-state index >= 15 is 0 Å². The third kappa shape index (κ3) is 3.02. The van der Waals surface area contributed by atoms with Gasteiger partial charge in [-0.1, -0.05) is 6.92 Å². The van der Waals surface area contributed by atoms with Crippen molar-refractivity contribution in [3.8, 4) is 0 Å². The Morgan fingerprint density at radius 1 is 1.55 bits per heavy atom. The summed E-state index contributed by atoms with van der Waals surface area (Å²) in [6.45, 7) is 5.62. The van der Waals surface area contributed by atoms with Crippen LogP contribution in [0.3, 0.4) is 0 Å². The van der Waals surface area contributed by atoms with Gasteiger partial charge in [0, 0.05) is 32.1 Å². The van der Waals surface area contributed by atoms with Gasteiger partial charge in [0.2, 0.25) is 5.91 Å². The zero-order chi connectivity index (χ0) is 13.9. The van der Waals surface area contributed by atoms with Crippen LogP contribution in [0.25, 0.3) is 0 Å². The van der Waals surface area contributed by atoms with Gasteiger partial charge in [-0.3, -0.25) is 15.0 Å². The average Bonchev–Trinajstić information content (AvgIpc) is 3.19. The van der Waals surface area contributed by atoms with Crippen LogP contribution in [0.5, 0.6) is 0 Å². The molecule has 1 atom stereocenters. The second kappa shape index (κ2) is 5.93. The molecule has 1 aromatic rings. The van der Waals surface area contributed by atoms with Crippen molar-refractivity contribution in [3.05, 3.63) is 17.7 Å². The molecule has 110 valence electrons. The van der Waals surface area contributed by atoms with Gasteiger partial charge in [0.15, 0.2) is 0 Å². The summed E-state index contributed by atoms with van der Waals surface area (Å²) in [7, 11) is 0. The van der Waals surface area contributed by atoms with Gasteiger partial charge in [-0.25, -0.2) is 4.98 Å². The zero-order valence-corrected chi connectivity index (χ0v) is 12.0. The quantitative estimate of drug-likeness (QED) is 0.686. The lowest BCUT2D eigenvalue weighted by Crippen LogP contribution is -2.49. The van der Waals surface area contributed by atoms with Gasteiger partial charge in [0.25, 0.3) is 0 Å². The number of aromatic nitrogens is 2. The molecule has 2 heterocycles. The number of fused-ring (bicyclic) bond motifs is 1. The number of imidazole rings is 1. The summed E-state index contributed by atoms with van der Waals surface area (Å²) in [4.78, 5) is 21.9.